The van der Waals surface area contributed by atoms with Crippen molar-refractivity contribution in [2.24, 2.45) is 12.5 Å². The summed E-state index contributed by atoms with van der Waals surface area (Å²) in [7, 11) is 1.96. The van der Waals surface area contributed by atoms with Crippen LogP contribution in [0.5, 0.6) is 0 Å². The molecule has 3 aromatic rings. The first-order valence-corrected chi connectivity index (χ1v) is 8.61. The highest BCUT2D eigenvalue weighted by atomic mass is 16.2. The lowest BCUT2D eigenvalue weighted by atomic mass is 9.74. The second-order valence-electron chi connectivity index (χ2n) is 7.34. The monoisotopic (exact) mass is 350 g/mol. The Bertz CT molecular complexity index is 910. The van der Waals surface area contributed by atoms with Gasteiger partial charge in [-0.05, 0) is 30.3 Å². The highest BCUT2D eigenvalue weighted by Crippen LogP contribution is 2.47. The predicted octanol–water partition coefficient (Wildman–Crippen LogP) is 3.22. The van der Waals surface area contributed by atoms with E-state index in [0.29, 0.717) is 6.54 Å². The molecule has 2 amide bonds. The van der Waals surface area contributed by atoms with Crippen LogP contribution in [0.25, 0.3) is 5.69 Å². The third-order valence-electron chi connectivity index (χ3n) is 4.88. The first-order chi connectivity index (χ1) is 12.5. The molecule has 26 heavy (non-hydrogen) atoms. The van der Waals surface area contributed by atoms with E-state index in [1.54, 1.807) is 17.1 Å². The molecule has 0 radical (unpaired) electrons. The number of nitrogens with zero attached hydrogens (tertiary/aromatic N) is 5. The minimum absolute atomic E-state index is 0.000400. The molecule has 0 bridgehead atoms. The van der Waals surface area contributed by atoms with Gasteiger partial charge in [-0.15, -0.1) is 0 Å². The van der Waals surface area contributed by atoms with Crippen molar-refractivity contribution in [1.82, 2.24) is 24.2 Å². The van der Waals surface area contributed by atoms with Crippen molar-refractivity contribution in [2.75, 3.05) is 11.9 Å². The zero-order chi connectivity index (χ0) is 18.3. The van der Waals surface area contributed by atoms with Gasteiger partial charge in [0.25, 0.3) is 0 Å². The van der Waals surface area contributed by atoms with Crippen LogP contribution in [-0.4, -0.2) is 36.8 Å². The van der Waals surface area contributed by atoms with Crippen LogP contribution >= 0.6 is 0 Å². The standard InChI is InChI=1S/C19H22N6O/c1-19(2)13-24(16(19)17-20-10-12-23(17)3)18(26)22-14-5-7-15(8-6-14)25-11-4-9-21-25/h4-12,16H,13H2,1-3H3,(H,22,26). The van der Waals surface area contributed by atoms with Crippen molar-refractivity contribution < 1.29 is 4.79 Å². The van der Waals surface area contributed by atoms with Gasteiger partial charge in [0.1, 0.15) is 5.82 Å². The maximum Gasteiger partial charge on any atom is 0.322 e. The minimum atomic E-state index is -0.107. The van der Waals surface area contributed by atoms with Crippen molar-refractivity contribution >= 4 is 11.7 Å². The molecular formula is C19H22N6O. The number of benzene rings is 1. The van der Waals surface area contributed by atoms with Gasteiger partial charge >= 0.3 is 6.03 Å². The Labute approximate surface area is 152 Å². The van der Waals surface area contributed by atoms with Crippen LogP contribution in [0.1, 0.15) is 25.7 Å². The van der Waals surface area contributed by atoms with Crippen LogP contribution in [0, 0.1) is 5.41 Å². The summed E-state index contributed by atoms with van der Waals surface area (Å²) in [5.74, 6) is 0.908. The lowest BCUT2D eigenvalue weighted by Crippen LogP contribution is -2.59. The smallest absolute Gasteiger partial charge is 0.322 e. The first-order valence-electron chi connectivity index (χ1n) is 8.61. The number of nitrogens with one attached hydrogen (secondary N) is 1. The van der Waals surface area contributed by atoms with Gasteiger partial charge in [0.15, 0.2) is 0 Å². The second-order valence-corrected chi connectivity index (χ2v) is 7.34. The molecule has 3 heterocycles. The van der Waals surface area contributed by atoms with Crippen LogP contribution in [0.2, 0.25) is 0 Å². The molecule has 134 valence electrons. The number of anilines is 1. The number of likely N-dealkylation sites (tertiary alicyclic amines) is 1. The number of urea groups is 1. The number of aromatic nitrogens is 4. The zero-order valence-electron chi connectivity index (χ0n) is 15.1. The Morgan fingerprint density at radius 1 is 1.19 bits per heavy atom. The number of hydrogen-bond donors (Lipinski definition) is 1. The van der Waals surface area contributed by atoms with E-state index in [-0.39, 0.29) is 17.5 Å². The molecule has 1 fully saturated rings. The third-order valence-corrected chi connectivity index (χ3v) is 4.88. The molecule has 1 aliphatic rings. The summed E-state index contributed by atoms with van der Waals surface area (Å²) in [6.07, 6.45) is 7.30. The molecule has 0 aliphatic carbocycles. The van der Waals surface area contributed by atoms with Gasteiger partial charge in [-0.2, -0.15) is 5.10 Å². The fraction of sp³-hybridized carbons (Fsp3) is 0.316. The largest absolute Gasteiger partial charge is 0.336 e. The molecule has 7 heteroatoms. The van der Waals surface area contributed by atoms with Crippen LogP contribution < -0.4 is 5.32 Å². The van der Waals surface area contributed by atoms with Crippen molar-refractivity contribution in [3.63, 3.8) is 0 Å². The average molecular weight is 350 g/mol. The highest BCUT2D eigenvalue weighted by Gasteiger charge is 2.50. The molecule has 4 rings (SSSR count). The number of imidazole rings is 1. The summed E-state index contributed by atoms with van der Waals surface area (Å²) >= 11 is 0. The topological polar surface area (TPSA) is 68.0 Å². The molecule has 1 N–H and O–H groups in total. The summed E-state index contributed by atoms with van der Waals surface area (Å²) in [6, 6.07) is 9.36. The maximum atomic E-state index is 12.8. The van der Waals surface area contributed by atoms with Crippen molar-refractivity contribution in [2.45, 2.75) is 19.9 Å². The summed E-state index contributed by atoms with van der Waals surface area (Å²) in [6.45, 7) is 5.02. The normalized spacial score (nSPS) is 18.4. The SMILES string of the molecule is Cn1ccnc1C1N(C(=O)Nc2ccc(-n3cccn3)cc2)CC1(C)C. The Balaban J connectivity index is 1.49. The van der Waals surface area contributed by atoms with E-state index >= 15 is 0 Å². The van der Waals surface area contributed by atoms with E-state index in [0.717, 1.165) is 17.2 Å². The van der Waals surface area contributed by atoms with Gasteiger partial charge in [0, 0.05) is 49.5 Å². The van der Waals surface area contributed by atoms with Gasteiger partial charge in [-0.25, -0.2) is 14.5 Å². The van der Waals surface area contributed by atoms with E-state index in [9.17, 15) is 4.79 Å². The maximum absolute atomic E-state index is 12.8. The Hall–Kier alpha value is -3.09. The Morgan fingerprint density at radius 3 is 2.54 bits per heavy atom. The molecule has 0 saturated carbocycles. The van der Waals surface area contributed by atoms with Crippen LogP contribution in [0.4, 0.5) is 10.5 Å². The number of amides is 2. The quantitative estimate of drug-likeness (QED) is 0.788. The van der Waals surface area contributed by atoms with Gasteiger partial charge in [0.05, 0.1) is 11.7 Å². The molecule has 1 unspecified atom stereocenters. The lowest BCUT2D eigenvalue weighted by molar-refractivity contribution is -0.0182. The molecule has 1 aliphatic heterocycles. The highest BCUT2D eigenvalue weighted by molar-refractivity contribution is 5.90. The van der Waals surface area contributed by atoms with E-state index < -0.39 is 0 Å². The molecule has 2 aromatic heterocycles. The fourth-order valence-corrected chi connectivity index (χ4v) is 3.56. The first kappa shape index (κ1) is 16.4. The van der Waals surface area contributed by atoms with Gasteiger partial charge in [-0.1, -0.05) is 13.8 Å². The molecule has 0 spiro atoms. The number of rotatable bonds is 3. The number of hydrogen-bond acceptors (Lipinski definition) is 3. The molecule has 1 aromatic carbocycles. The van der Waals surface area contributed by atoms with E-state index in [2.05, 4.69) is 29.2 Å². The summed E-state index contributed by atoms with van der Waals surface area (Å²) in [4.78, 5) is 19.1. The molecular weight excluding hydrogens is 328 g/mol. The van der Waals surface area contributed by atoms with E-state index in [1.807, 2.05) is 59.2 Å². The lowest BCUT2D eigenvalue weighted by Gasteiger charge is -2.53. The zero-order valence-corrected chi connectivity index (χ0v) is 15.1. The second kappa shape index (κ2) is 6.01. The van der Waals surface area contributed by atoms with E-state index in [4.69, 9.17) is 0 Å². The number of carbonyl (C=O) groups excluding carboxylic acids is 1. The molecule has 7 nitrogen and oxygen atoms in total. The summed E-state index contributed by atoms with van der Waals surface area (Å²) in [5, 5.41) is 7.19. The predicted molar refractivity (Wildman–Crippen MR) is 99.0 cm³/mol. The number of carbonyl (C=O) groups is 1. The van der Waals surface area contributed by atoms with Crippen molar-refractivity contribution in [3.05, 3.63) is 60.9 Å². The van der Waals surface area contributed by atoms with Crippen LogP contribution in [-0.2, 0) is 7.05 Å². The summed E-state index contributed by atoms with van der Waals surface area (Å²) in [5.41, 5.74) is 1.71. The van der Waals surface area contributed by atoms with Crippen LogP contribution in [0.3, 0.4) is 0 Å². The number of aryl methyl sites for hydroxylation is 1. The average Bonchev–Trinajstić information content (AvgIpc) is 3.26. The van der Waals surface area contributed by atoms with Gasteiger partial charge < -0.3 is 14.8 Å². The van der Waals surface area contributed by atoms with Crippen LogP contribution in [0.15, 0.2) is 55.1 Å². The summed E-state index contributed by atoms with van der Waals surface area (Å²) < 4.78 is 3.76. The Kier molecular flexibility index (Phi) is 3.79. The minimum Gasteiger partial charge on any atom is -0.336 e. The van der Waals surface area contributed by atoms with Crippen molar-refractivity contribution in [1.29, 1.82) is 0 Å². The third kappa shape index (κ3) is 2.75. The van der Waals surface area contributed by atoms with E-state index in [1.165, 1.54) is 0 Å². The van der Waals surface area contributed by atoms with Crippen molar-refractivity contribution in [3.8, 4) is 5.69 Å². The molecule has 1 atom stereocenters. The van der Waals surface area contributed by atoms with Gasteiger partial charge in [0.2, 0.25) is 0 Å². The fourth-order valence-electron chi connectivity index (χ4n) is 3.56. The molecule has 1 saturated heterocycles. The Morgan fingerprint density at radius 2 is 1.96 bits per heavy atom. The van der Waals surface area contributed by atoms with Gasteiger partial charge in [-0.3, -0.25) is 0 Å².